The van der Waals surface area contributed by atoms with Crippen molar-refractivity contribution in [3.05, 3.63) is 58.9 Å². The molecule has 4 heterocycles. The number of quaternary nitrogens is 1. The van der Waals surface area contributed by atoms with Crippen LogP contribution in [0.5, 0.6) is 0 Å². The van der Waals surface area contributed by atoms with Gasteiger partial charge in [0.1, 0.15) is 24.8 Å². The van der Waals surface area contributed by atoms with Crippen LogP contribution in [0.3, 0.4) is 0 Å². The monoisotopic (exact) mass is 787 g/mol. The van der Waals surface area contributed by atoms with Gasteiger partial charge in [-0.1, -0.05) is 12.1 Å². The molecule has 4 aliphatic rings. The molecule has 15 heteroatoms. The number of aliphatic hydroxyl groups excluding tert-OH is 1. The number of aliphatic carboxylic acids is 1. The number of hydrogen-bond acceptors (Lipinski definition) is 10. The van der Waals surface area contributed by atoms with E-state index in [4.69, 9.17) is 5.11 Å². The highest BCUT2D eigenvalue weighted by Crippen LogP contribution is 2.41. The summed E-state index contributed by atoms with van der Waals surface area (Å²) >= 11 is 0. The van der Waals surface area contributed by atoms with Crippen molar-refractivity contribution >= 4 is 21.9 Å². The molecule has 3 atom stereocenters. The lowest BCUT2D eigenvalue weighted by atomic mass is 9.82. The minimum absolute atomic E-state index is 0.00866. The van der Waals surface area contributed by atoms with Crippen LogP contribution in [0.4, 0.5) is 4.39 Å². The Hall–Kier alpha value is -3.08. The van der Waals surface area contributed by atoms with E-state index in [0.29, 0.717) is 42.8 Å². The molecule has 3 aliphatic heterocycles. The standard InChI is InChI=1S/C33H47FN6O3S.C7H15NO3/c1-23-21-38(33(4)12-16-37(17-13-33)32(41)30-24(2)35-22-36-25(30)3)18-19-40(23)31(27-6-5-7-28(34)20-27)26-10-14-39(15-11-26)44(42,43)29-8-9-29;1-8(2,3)5-6(9)4-7(10)11/h5-7,20,22-23,26,29,31H,8-19,21H2,1-4H3;6,9H,4-5H2,1-3H3/t23-,31+;/m1./s1. The van der Waals surface area contributed by atoms with Crippen LogP contribution in [0.15, 0.2) is 30.6 Å². The number of nitrogens with zero attached hydrogens (tertiary/aromatic N) is 7. The third kappa shape index (κ3) is 10.9. The predicted molar refractivity (Wildman–Crippen MR) is 207 cm³/mol. The molecule has 1 saturated carbocycles. The van der Waals surface area contributed by atoms with E-state index >= 15 is 0 Å². The number of aliphatic hydroxyl groups is 1. The quantitative estimate of drug-likeness (QED) is 0.337. The Morgan fingerprint density at radius 1 is 1.00 bits per heavy atom. The number of carbonyl (C=O) groups excluding carboxylic acids is 2. The molecule has 1 N–H and O–H groups in total. The molecule has 13 nitrogen and oxygen atoms in total. The molecule has 0 radical (unpaired) electrons. The number of carboxylic acid groups (broad SMARTS) is 1. The maximum Gasteiger partial charge on any atom is 0.257 e. The molecule has 4 fully saturated rings. The van der Waals surface area contributed by atoms with Crippen molar-refractivity contribution in [1.29, 1.82) is 0 Å². The number of carboxylic acids is 1. The molecule has 1 aliphatic carbocycles. The Morgan fingerprint density at radius 3 is 2.15 bits per heavy atom. The fourth-order valence-corrected chi connectivity index (χ4v) is 10.7. The van der Waals surface area contributed by atoms with Crippen molar-refractivity contribution in [3.63, 3.8) is 0 Å². The third-order valence-electron chi connectivity index (χ3n) is 12.0. The Balaban J connectivity index is 0.000000460. The Labute approximate surface area is 327 Å². The lowest BCUT2D eigenvalue weighted by molar-refractivity contribution is -0.873. The van der Waals surface area contributed by atoms with Gasteiger partial charge in [-0.2, -0.15) is 0 Å². The van der Waals surface area contributed by atoms with E-state index in [9.17, 15) is 27.5 Å². The summed E-state index contributed by atoms with van der Waals surface area (Å²) in [6.07, 6.45) is 5.36. The number of piperazine rings is 1. The minimum atomic E-state index is -3.18. The molecular weight excluding hydrogens is 726 g/mol. The third-order valence-corrected chi connectivity index (χ3v) is 14.4. The van der Waals surface area contributed by atoms with Gasteiger partial charge in [-0.25, -0.2) is 27.1 Å². The Morgan fingerprint density at radius 2 is 1.62 bits per heavy atom. The van der Waals surface area contributed by atoms with Crippen LogP contribution in [-0.2, 0) is 14.8 Å². The van der Waals surface area contributed by atoms with E-state index in [1.54, 1.807) is 16.4 Å². The van der Waals surface area contributed by atoms with Gasteiger partial charge in [0, 0.05) is 75.8 Å². The van der Waals surface area contributed by atoms with Crippen molar-refractivity contribution in [2.45, 2.75) is 102 Å². The Bertz CT molecular complexity index is 1730. The van der Waals surface area contributed by atoms with Crippen LogP contribution in [0.25, 0.3) is 0 Å². The van der Waals surface area contributed by atoms with Gasteiger partial charge < -0.3 is 24.4 Å². The van der Waals surface area contributed by atoms with E-state index < -0.39 is 22.1 Å². The van der Waals surface area contributed by atoms with Gasteiger partial charge >= 0.3 is 0 Å². The fraction of sp³-hybridized carbons (Fsp3) is 0.700. The molecule has 3 saturated heterocycles. The lowest BCUT2D eigenvalue weighted by Gasteiger charge is -2.54. The number of benzene rings is 1. The number of aryl methyl sites for hydroxylation is 2. The second kappa shape index (κ2) is 17.6. The summed E-state index contributed by atoms with van der Waals surface area (Å²) in [6, 6.07) is 7.29. The molecule has 0 spiro atoms. The van der Waals surface area contributed by atoms with Crippen LogP contribution in [0.2, 0.25) is 0 Å². The average Bonchev–Trinajstić information content (AvgIpc) is 3.96. The summed E-state index contributed by atoms with van der Waals surface area (Å²) in [5, 5.41) is 19.0. The number of aromatic nitrogens is 2. The highest BCUT2D eigenvalue weighted by Gasteiger charge is 2.45. The zero-order valence-electron chi connectivity index (χ0n) is 33.8. The highest BCUT2D eigenvalue weighted by molar-refractivity contribution is 7.90. The molecule has 6 rings (SSSR count). The van der Waals surface area contributed by atoms with Crippen molar-refractivity contribution in [1.82, 2.24) is 29.0 Å². The van der Waals surface area contributed by atoms with Crippen LogP contribution in [0, 0.1) is 25.6 Å². The predicted octanol–water partition coefficient (Wildman–Crippen LogP) is 2.37. The number of rotatable bonds is 11. The first-order valence-electron chi connectivity index (χ1n) is 19.8. The first-order chi connectivity index (χ1) is 25.8. The topological polar surface area (TPSA) is 150 Å². The summed E-state index contributed by atoms with van der Waals surface area (Å²) in [6.45, 7) is 13.9. The molecule has 1 unspecified atom stereocenters. The first kappa shape index (κ1) is 43.1. The summed E-state index contributed by atoms with van der Waals surface area (Å²) in [5.41, 5.74) is 3.05. The first-order valence-corrected chi connectivity index (χ1v) is 21.3. The van der Waals surface area contributed by atoms with Crippen molar-refractivity contribution in [2.75, 3.05) is 73.5 Å². The zero-order chi connectivity index (χ0) is 40.3. The molecule has 0 bridgehead atoms. The number of hydrogen-bond donors (Lipinski definition) is 1. The summed E-state index contributed by atoms with van der Waals surface area (Å²) in [5.74, 6) is -1.15. The summed E-state index contributed by atoms with van der Waals surface area (Å²) < 4.78 is 42.6. The summed E-state index contributed by atoms with van der Waals surface area (Å²) in [4.78, 5) is 39.0. The number of halogens is 1. The van der Waals surface area contributed by atoms with Gasteiger partial charge in [-0.3, -0.25) is 14.6 Å². The largest absolute Gasteiger partial charge is 0.550 e. The molecule has 2 aromatic rings. The summed E-state index contributed by atoms with van der Waals surface area (Å²) in [7, 11) is 2.48. The van der Waals surface area contributed by atoms with Gasteiger partial charge in [-0.05, 0) is 89.8 Å². The van der Waals surface area contributed by atoms with Gasteiger partial charge in [0.05, 0.1) is 43.3 Å². The fourth-order valence-electron chi connectivity index (χ4n) is 8.78. The van der Waals surface area contributed by atoms with Crippen LogP contribution < -0.4 is 5.11 Å². The van der Waals surface area contributed by atoms with E-state index in [2.05, 4.69) is 33.6 Å². The van der Waals surface area contributed by atoms with Gasteiger partial charge in [0.15, 0.2) is 0 Å². The second-order valence-electron chi connectivity index (χ2n) is 17.4. The number of carbonyl (C=O) groups is 2. The van der Waals surface area contributed by atoms with Crippen molar-refractivity contribution < 1.29 is 37.1 Å². The van der Waals surface area contributed by atoms with E-state index in [1.807, 2.05) is 46.0 Å². The van der Waals surface area contributed by atoms with E-state index in [1.165, 1.54) is 12.4 Å². The zero-order valence-corrected chi connectivity index (χ0v) is 34.6. The number of sulfonamides is 1. The van der Waals surface area contributed by atoms with E-state index in [-0.39, 0.29) is 46.9 Å². The highest BCUT2D eigenvalue weighted by atomic mass is 32.2. The average molecular weight is 788 g/mol. The van der Waals surface area contributed by atoms with Gasteiger partial charge in [-0.15, -0.1) is 0 Å². The number of piperidine rings is 2. The van der Waals surface area contributed by atoms with Gasteiger partial charge in [0.25, 0.3) is 5.91 Å². The second-order valence-corrected chi connectivity index (χ2v) is 19.6. The Kier molecular flexibility index (Phi) is 13.8. The van der Waals surface area contributed by atoms with Crippen molar-refractivity contribution in [3.8, 4) is 0 Å². The molecule has 1 aromatic heterocycles. The molecule has 306 valence electrons. The van der Waals surface area contributed by atoms with Crippen LogP contribution in [-0.4, -0.2) is 155 Å². The minimum Gasteiger partial charge on any atom is -0.550 e. The van der Waals surface area contributed by atoms with Gasteiger partial charge in [0.2, 0.25) is 10.0 Å². The van der Waals surface area contributed by atoms with Crippen molar-refractivity contribution in [2.24, 2.45) is 5.92 Å². The molecule has 1 amide bonds. The SMILES string of the molecule is C[N+](C)(C)CC(O)CC(=O)[O-].Cc1ncnc(C)c1C(=O)N1CCC(C)(N2CCN([C@H](c3cccc(F)c3)C3CCN(S(=O)(=O)C4CC4)CC3)[C@H](C)C2)CC1. The lowest BCUT2D eigenvalue weighted by Crippen LogP contribution is -2.63. The maximum atomic E-state index is 14.5. The maximum absolute atomic E-state index is 14.5. The number of likely N-dealkylation sites (N-methyl/N-ethyl adjacent to an activating group) is 1. The van der Waals surface area contributed by atoms with E-state index in [0.717, 1.165) is 75.1 Å². The molecule has 1 aromatic carbocycles. The number of likely N-dealkylation sites (tertiary alicyclic amines) is 1. The molecular formula is C40H62FN7O6S. The smallest absolute Gasteiger partial charge is 0.257 e. The number of amides is 1. The van der Waals surface area contributed by atoms with Crippen LogP contribution >= 0.6 is 0 Å². The molecule has 55 heavy (non-hydrogen) atoms. The normalized spacial score (nSPS) is 23.1. The van der Waals surface area contributed by atoms with Crippen LogP contribution in [0.1, 0.15) is 92.1 Å².